The Bertz CT molecular complexity index is 691. The lowest BCUT2D eigenvalue weighted by Gasteiger charge is -2.28. The largest absolute Gasteiger partial charge is 0.394 e. The van der Waals surface area contributed by atoms with Gasteiger partial charge in [-0.15, -0.1) is 11.3 Å². The molecule has 5 heteroatoms. The van der Waals surface area contributed by atoms with Crippen LogP contribution in [0.2, 0.25) is 0 Å². The van der Waals surface area contributed by atoms with Gasteiger partial charge in [0.25, 0.3) is 0 Å². The molecule has 1 unspecified atom stereocenters. The fourth-order valence-corrected chi connectivity index (χ4v) is 4.70. The van der Waals surface area contributed by atoms with Gasteiger partial charge >= 0.3 is 0 Å². The quantitative estimate of drug-likeness (QED) is 0.741. The van der Waals surface area contributed by atoms with E-state index in [1.54, 1.807) is 11.3 Å². The van der Waals surface area contributed by atoms with Crippen molar-refractivity contribution in [1.29, 1.82) is 0 Å². The van der Waals surface area contributed by atoms with Gasteiger partial charge in [0.05, 0.1) is 24.7 Å². The Hall–Kier alpha value is -1.69. The van der Waals surface area contributed by atoms with E-state index in [0.717, 1.165) is 36.1 Å². The van der Waals surface area contributed by atoms with Crippen molar-refractivity contribution < 1.29 is 14.6 Å². The first-order valence-electron chi connectivity index (χ1n) is 9.27. The Kier molecular flexibility index (Phi) is 6.46. The molecule has 0 radical (unpaired) electrons. The van der Waals surface area contributed by atoms with Crippen LogP contribution in [0.5, 0.6) is 0 Å². The zero-order valence-electron chi connectivity index (χ0n) is 15.2. The van der Waals surface area contributed by atoms with Gasteiger partial charge in [-0.25, -0.2) is 0 Å². The maximum absolute atomic E-state index is 13.1. The highest BCUT2D eigenvalue weighted by atomic mass is 32.1. The van der Waals surface area contributed by atoms with Crippen molar-refractivity contribution in [1.82, 2.24) is 5.32 Å². The number of hydrogen-bond acceptors (Lipinski definition) is 4. The molecule has 3 rings (SSSR count). The lowest BCUT2D eigenvalue weighted by atomic mass is 9.83. The van der Waals surface area contributed by atoms with Gasteiger partial charge < -0.3 is 15.2 Å². The fourth-order valence-electron chi connectivity index (χ4n) is 3.72. The number of nitrogens with one attached hydrogen (secondary N) is 1. The van der Waals surface area contributed by atoms with Gasteiger partial charge in [0.15, 0.2) is 0 Å². The highest BCUT2D eigenvalue weighted by molar-refractivity contribution is 7.10. The first-order valence-corrected chi connectivity index (χ1v) is 10.1. The second kappa shape index (κ2) is 8.80. The van der Waals surface area contributed by atoms with E-state index in [0.29, 0.717) is 6.54 Å². The van der Waals surface area contributed by atoms with Crippen LogP contribution in [0.4, 0.5) is 0 Å². The molecule has 140 valence electrons. The standard InChI is InChI=1S/C21H27NO3S/c1-16-6-8-17(9-7-16)18(25-13-12-23)15-22-20(24)21(10-2-3-11-21)19-5-4-14-26-19/h4-9,14,18,23H,2-3,10-13,15H2,1H3,(H,22,24). The van der Waals surface area contributed by atoms with Gasteiger partial charge in [-0.3, -0.25) is 4.79 Å². The second-order valence-electron chi connectivity index (χ2n) is 6.97. The first-order chi connectivity index (χ1) is 12.7. The number of aliphatic hydroxyl groups excluding tert-OH is 1. The van der Waals surface area contributed by atoms with E-state index in [1.165, 1.54) is 5.56 Å². The van der Waals surface area contributed by atoms with Crippen LogP contribution >= 0.6 is 11.3 Å². The third-order valence-electron chi connectivity index (χ3n) is 5.19. The monoisotopic (exact) mass is 373 g/mol. The Morgan fingerprint density at radius 1 is 1.27 bits per heavy atom. The molecule has 1 saturated carbocycles. The molecule has 1 aromatic carbocycles. The van der Waals surface area contributed by atoms with E-state index < -0.39 is 0 Å². The van der Waals surface area contributed by atoms with Gasteiger partial charge in [-0.1, -0.05) is 48.7 Å². The predicted molar refractivity (Wildman–Crippen MR) is 104 cm³/mol. The summed E-state index contributed by atoms with van der Waals surface area (Å²) >= 11 is 1.67. The van der Waals surface area contributed by atoms with E-state index in [9.17, 15) is 4.79 Å². The summed E-state index contributed by atoms with van der Waals surface area (Å²) in [5, 5.41) is 14.3. The maximum atomic E-state index is 13.1. The van der Waals surface area contributed by atoms with Crippen molar-refractivity contribution in [3.05, 3.63) is 57.8 Å². The lowest BCUT2D eigenvalue weighted by molar-refractivity contribution is -0.127. The van der Waals surface area contributed by atoms with Crippen LogP contribution in [0.1, 0.15) is 47.8 Å². The molecule has 1 aromatic heterocycles. The van der Waals surface area contributed by atoms with Crippen LogP contribution in [0.3, 0.4) is 0 Å². The molecule has 0 spiro atoms. The summed E-state index contributed by atoms with van der Waals surface area (Å²) in [5.74, 6) is 0.0992. The van der Waals surface area contributed by atoms with Gasteiger partial charge in [0, 0.05) is 11.4 Å². The number of amides is 1. The fraction of sp³-hybridized carbons (Fsp3) is 0.476. The second-order valence-corrected chi connectivity index (χ2v) is 7.92. The summed E-state index contributed by atoms with van der Waals surface area (Å²) in [6.07, 6.45) is 3.74. The van der Waals surface area contributed by atoms with E-state index >= 15 is 0 Å². The zero-order chi connectivity index (χ0) is 18.4. The van der Waals surface area contributed by atoms with E-state index in [1.807, 2.05) is 42.6 Å². The smallest absolute Gasteiger partial charge is 0.231 e. The summed E-state index contributed by atoms with van der Waals surface area (Å²) in [5.41, 5.74) is 1.81. The Labute approximate surface area is 159 Å². The Morgan fingerprint density at radius 2 is 2.00 bits per heavy atom. The van der Waals surface area contributed by atoms with Crippen LogP contribution in [-0.4, -0.2) is 30.8 Å². The van der Waals surface area contributed by atoms with Crippen molar-refractivity contribution in [3.8, 4) is 0 Å². The molecule has 1 atom stereocenters. The van der Waals surface area contributed by atoms with E-state index in [-0.39, 0.29) is 30.6 Å². The number of carbonyl (C=O) groups is 1. The number of carbonyl (C=O) groups excluding carboxylic acids is 1. The molecule has 4 nitrogen and oxygen atoms in total. The average molecular weight is 374 g/mol. The molecular formula is C21H27NO3S. The number of aliphatic hydroxyl groups is 1. The molecule has 26 heavy (non-hydrogen) atoms. The summed E-state index contributed by atoms with van der Waals surface area (Å²) < 4.78 is 5.79. The van der Waals surface area contributed by atoms with E-state index in [4.69, 9.17) is 9.84 Å². The van der Waals surface area contributed by atoms with Crippen molar-refractivity contribution in [2.24, 2.45) is 0 Å². The number of ether oxygens (including phenoxy) is 1. The van der Waals surface area contributed by atoms with Crippen molar-refractivity contribution in [2.45, 2.75) is 44.1 Å². The van der Waals surface area contributed by atoms with Gasteiger partial charge in [-0.2, -0.15) is 0 Å². The summed E-state index contributed by atoms with van der Waals surface area (Å²) in [7, 11) is 0. The highest BCUT2D eigenvalue weighted by Crippen LogP contribution is 2.43. The van der Waals surface area contributed by atoms with Gasteiger partial charge in [-0.05, 0) is 36.8 Å². The summed E-state index contributed by atoms with van der Waals surface area (Å²) in [6, 6.07) is 12.2. The molecule has 0 saturated heterocycles. The SMILES string of the molecule is Cc1ccc(C(CNC(=O)C2(c3cccs3)CCCC2)OCCO)cc1. The topological polar surface area (TPSA) is 58.6 Å². The summed E-state index contributed by atoms with van der Waals surface area (Å²) in [4.78, 5) is 14.3. The van der Waals surface area contributed by atoms with Crippen LogP contribution in [0.15, 0.2) is 41.8 Å². The highest BCUT2D eigenvalue weighted by Gasteiger charge is 2.43. The number of benzene rings is 1. The first kappa shape index (κ1) is 19.1. The molecule has 0 aliphatic heterocycles. The van der Waals surface area contributed by atoms with Gasteiger partial charge in [0.2, 0.25) is 5.91 Å². The minimum Gasteiger partial charge on any atom is -0.394 e. The van der Waals surface area contributed by atoms with Crippen molar-refractivity contribution >= 4 is 17.2 Å². The molecular weight excluding hydrogens is 346 g/mol. The van der Waals surface area contributed by atoms with Crippen LogP contribution in [0.25, 0.3) is 0 Å². The minimum atomic E-state index is -0.386. The number of aryl methyl sites for hydroxylation is 1. The van der Waals surface area contributed by atoms with Crippen LogP contribution in [-0.2, 0) is 14.9 Å². The number of hydrogen-bond donors (Lipinski definition) is 2. The van der Waals surface area contributed by atoms with Crippen LogP contribution in [0, 0.1) is 6.92 Å². The van der Waals surface area contributed by atoms with Crippen molar-refractivity contribution in [3.63, 3.8) is 0 Å². The predicted octanol–water partition coefficient (Wildman–Crippen LogP) is 3.73. The van der Waals surface area contributed by atoms with E-state index in [2.05, 4.69) is 11.4 Å². The van der Waals surface area contributed by atoms with Gasteiger partial charge in [0.1, 0.15) is 0 Å². The molecule has 2 N–H and O–H groups in total. The average Bonchev–Trinajstić information content (AvgIpc) is 3.35. The van der Waals surface area contributed by atoms with Crippen LogP contribution < -0.4 is 5.32 Å². The molecule has 0 bridgehead atoms. The Morgan fingerprint density at radius 3 is 2.62 bits per heavy atom. The maximum Gasteiger partial charge on any atom is 0.231 e. The number of thiophene rings is 1. The molecule has 1 fully saturated rings. The summed E-state index contributed by atoms with van der Waals surface area (Å²) in [6.45, 7) is 2.68. The Balaban J connectivity index is 1.71. The molecule has 1 aliphatic carbocycles. The number of rotatable bonds is 8. The normalized spacial score (nSPS) is 17.2. The lowest BCUT2D eigenvalue weighted by Crippen LogP contribution is -2.43. The molecule has 1 aliphatic rings. The molecule has 1 heterocycles. The molecule has 2 aromatic rings. The third-order valence-corrected chi connectivity index (χ3v) is 6.27. The zero-order valence-corrected chi connectivity index (χ0v) is 16.1. The molecule has 1 amide bonds. The van der Waals surface area contributed by atoms with Crippen molar-refractivity contribution in [2.75, 3.05) is 19.8 Å². The third kappa shape index (κ3) is 4.17. The minimum absolute atomic E-state index is 0.0323.